The zero-order valence-corrected chi connectivity index (χ0v) is 17.9. The number of ether oxygens (including phenoxy) is 2. The summed E-state index contributed by atoms with van der Waals surface area (Å²) in [5, 5.41) is 0. The number of carbonyl (C=O) groups excluding carboxylic acids is 2. The molecule has 152 valence electrons. The molecular formula is C22H35NO4. The van der Waals surface area contributed by atoms with E-state index in [-0.39, 0.29) is 34.7 Å². The molecule has 5 nitrogen and oxygen atoms in total. The Bertz CT molecular complexity index is 619. The van der Waals surface area contributed by atoms with Gasteiger partial charge in [-0.25, -0.2) is 14.6 Å². The summed E-state index contributed by atoms with van der Waals surface area (Å²) in [5.74, 6) is -0.536. The number of pyridine rings is 1. The van der Waals surface area contributed by atoms with Crippen molar-refractivity contribution in [2.45, 2.75) is 73.8 Å². The van der Waals surface area contributed by atoms with E-state index >= 15 is 0 Å². The third kappa shape index (κ3) is 8.55. The van der Waals surface area contributed by atoms with Crippen LogP contribution in [0.3, 0.4) is 0 Å². The first-order valence-electron chi connectivity index (χ1n) is 9.88. The molecule has 0 spiro atoms. The van der Waals surface area contributed by atoms with Crippen LogP contribution in [0.5, 0.6) is 0 Å². The van der Waals surface area contributed by atoms with Gasteiger partial charge in [-0.05, 0) is 42.2 Å². The lowest BCUT2D eigenvalue weighted by Crippen LogP contribution is -2.24. The quantitative estimate of drug-likeness (QED) is 0.547. The van der Waals surface area contributed by atoms with Gasteiger partial charge in [-0.2, -0.15) is 0 Å². The van der Waals surface area contributed by atoms with E-state index in [0.29, 0.717) is 6.61 Å². The molecule has 1 aromatic heterocycles. The molecule has 27 heavy (non-hydrogen) atoms. The van der Waals surface area contributed by atoms with Crippen molar-refractivity contribution in [3.63, 3.8) is 0 Å². The van der Waals surface area contributed by atoms with Crippen molar-refractivity contribution in [1.29, 1.82) is 0 Å². The predicted octanol–water partition coefficient (Wildman–Crippen LogP) is 5.29. The molecule has 0 aliphatic rings. The fraction of sp³-hybridized carbons (Fsp3) is 0.682. The molecule has 0 saturated carbocycles. The van der Waals surface area contributed by atoms with Crippen LogP contribution in [0.2, 0.25) is 0 Å². The molecule has 0 N–H and O–H groups in total. The minimum Gasteiger partial charge on any atom is -0.461 e. The Hall–Kier alpha value is -1.91. The fourth-order valence-corrected chi connectivity index (χ4v) is 3.07. The van der Waals surface area contributed by atoms with Crippen molar-refractivity contribution in [1.82, 2.24) is 4.98 Å². The summed E-state index contributed by atoms with van der Waals surface area (Å²) in [6.07, 6.45) is 2.53. The van der Waals surface area contributed by atoms with Crippen LogP contribution in [-0.4, -0.2) is 29.6 Å². The van der Waals surface area contributed by atoms with Gasteiger partial charge in [0.05, 0.1) is 6.61 Å². The summed E-state index contributed by atoms with van der Waals surface area (Å²) in [7, 11) is 0. The summed E-state index contributed by atoms with van der Waals surface area (Å²) in [5.41, 5.74) is 0.442. The molecule has 2 unspecified atom stereocenters. The van der Waals surface area contributed by atoms with Gasteiger partial charge in [0.1, 0.15) is 17.5 Å². The van der Waals surface area contributed by atoms with Crippen molar-refractivity contribution in [3.05, 3.63) is 29.6 Å². The van der Waals surface area contributed by atoms with E-state index < -0.39 is 11.9 Å². The minimum atomic E-state index is -0.514. The topological polar surface area (TPSA) is 65.5 Å². The lowest BCUT2D eigenvalue weighted by Gasteiger charge is -2.22. The van der Waals surface area contributed by atoms with Gasteiger partial charge in [0, 0.05) is 0 Å². The lowest BCUT2D eigenvalue weighted by atomic mass is 9.86. The number of hydrogen-bond donors (Lipinski definition) is 0. The van der Waals surface area contributed by atoms with E-state index in [1.807, 2.05) is 13.8 Å². The summed E-state index contributed by atoms with van der Waals surface area (Å²) in [4.78, 5) is 28.8. The maximum atomic E-state index is 12.4. The zero-order valence-electron chi connectivity index (χ0n) is 17.9. The zero-order chi connectivity index (χ0) is 20.6. The maximum Gasteiger partial charge on any atom is 0.357 e. The number of nitrogens with zero attached hydrogens (tertiary/aromatic N) is 1. The van der Waals surface area contributed by atoms with Gasteiger partial charge in [0.2, 0.25) is 0 Å². The monoisotopic (exact) mass is 377 g/mol. The SMILES string of the molecule is CCCC(OC(=O)c1cccc(C(=O)OCC(C)CC(C)(C)C)n1)C(C)C. The highest BCUT2D eigenvalue weighted by Gasteiger charge is 2.21. The Kier molecular flexibility index (Phi) is 8.94. The summed E-state index contributed by atoms with van der Waals surface area (Å²) < 4.78 is 10.9. The molecule has 1 rings (SSSR count). The Morgan fingerprint density at radius 2 is 1.67 bits per heavy atom. The van der Waals surface area contributed by atoms with Gasteiger partial charge in [-0.3, -0.25) is 0 Å². The van der Waals surface area contributed by atoms with Gasteiger partial charge in [0.15, 0.2) is 0 Å². The van der Waals surface area contributed by atoms with E-state index in [1.165, 1.54) is 0 Å². The fourth-order valence-electron chi connectivity index (χ4n) is 3.07. The molecule has 5 heteroatoms. The second-order valence-corrected chi connectivity index (χ2v) is 8.85. The van der Waals surface area contributed by atoms with Crippen LogP contribution in [0.25, 0.3) is 0 Å². The van der Waals surface area contributed by atoms with Crippen LogP contribution in [0.15, 0.2) is 18.2 Å². The Morgan fingerprint density at radius 1 is 1.07 bits per heavy atom. The van der Waals surface area contributed by atoms with Crippen LogP contribution in [-0.2, 0) is 9.47 Å². The van der Waals surface area contributed by atoms with Gasteiger partial charge in [-0.15, -0.1) is 0 Å². The van der Waals surface area contributed by atoms with Crippen LogP contribution in [0.4, 0.5) is 0 Å². The second kappa shape index (κ2) is 10.4. The second-order valence-electron chi connectivity index (χ2n) is 8.85. The van der Waals surface area contributed by atoms with Crippen molar-refractivity contribution in [2.75, 3.05) is 6.61 Å². The first-order chi connectivity index (χ1) is 12.5. The molecule has 0 aromatic carbocycles. The summed E-state index contributed by atoms with van der Waals surface area (Å²) in [6.45, 7) is 15.0. The minimum absolute atomic E-state index is 0.129. The molecule has 0 bridgehead atoms. The van der Waals surface area contributed by atoms with E-state index in [4.69, 9.17) is 9.47 Å². The van der Waals surface area contributed by atoms with E-state index in [2.05, 4.69) is 39.6 Å². The van der Waals surface area contributed by atoms with E-state index in [0.717, 1.165) is 19.3 Å². The van der Waals surface area contributed by atoms with E-state index in [9.17, 15) is 9.59 Å². The Balaban J connectivity index is 2.71. The van der Waals surface area contributed by atoms with Crippen molar-refractivity contribution in [3.8, 4) is 0 Å². The molecule has 0 aliphatic heterocycles. The van der Waals surface area contributed by atoms with Gasteiger partial charge in [-0.1, -0.05) is 61.0 Å². The largest absolute Gasteiger partial charge is 0.461 e. The number of rotatable bonds is 9. The molecule has 0 amide bonds. The summed E-state index contributed by atoms with van der Waals surface area (Å²) in [6, 6.07) is 4.74. The molecular weight excluding hydrogens is 342 g/mol. The van der Waals surface area contributed by atoms with Crippen molar-refractivity contribution < 1.29 is 19.1 Å². The lowest BCUT2D eigenvalue weighted by molar-refractivity contribution is 0.0150. The number of carbonyl (C=O) groups is 2. The third-order valence-corrected chi connectivity index (χ3v) is 4.20. The van der Waals surface area contributed by atoms with Gasteiger partial charge < -0.3 is 9.47 Å². The maximum absolute atomic E-state index is 12.4. The van der Waals surface area contributed by atoms with Crippen LogP contribution < -0.4 is 0 Å². The Labute approximate surface area is 163 Å². The van der Waals surface area contributed by atoms with Crippen molar-refractivity contribution >= 4 is 11.9 Å². The average molecular weight is 378 g/mol. The predicted molar refractivity (Wildman–Crippen MR) is 107 cm³/mol. The van der Waals surface area contributed by atoms with Crippen molar-refractivity contribution in [2.24, 2.45) is 17.3 Å². The normalized spacial score (nSPS) is 13.9. The first kappa shape index (κ1) is 23.1. The van der Waals surface area contributed by atoms with Gasteiger partial charge in [0.25, 0.3) is 0 Å². The number of hydrogen-bond acceptors (Lipinski definition) is 5. The average Bonchev–Trinajstić information content (AvgIpc) is 2.57. The number of aromatic nitrogens is 1. The van der Waals surface area contributed by atoms with Crippen LogP contribution in [0, 0.1) is 17.3 Å². The molecule has 0 radical (unpaired) electrons. The molecule has 2 atom stereocenters. The smallest absolute Gasteiger partial charge is 0.357 e. The standard InChI is InChI=1S/C22H35NO4/c1-8-10-19(15(2)3)27-21(25)18-12-9-11-17(23-18)20(24)26-14-16(4)13-22(5,6)7/h9,11-12,15-16,19H,8,10,13-14H2,1-7H3. The van der Waals surface area contributed by atoms with E-state index in [1.54, 1.807) is 18.2 Å². The van der Waals surface area contributed by atoms with Gasteiger partial charge >= 0.3 is 11.9 Å². The Morgan fingerprint density at radius 3 is 2.19 bits per heavy atom. The number of esters is 2. The molecule has 0 fully saturated rings. The molecule has 0 saturated heterocycles. The molecule has 0 aliphatic carbocycles. The highest BCUT2D eigenvalue weighted by Crippen LogP contribution is 2.24. The third-order valence-electron chi connectivity index (χ3n) is 4.20. The molecule has 1 aromatic rings. The van der Waals surface area contributed by atoms with Crippen LogP contribution >= 0.6 is 0 Å². The highest BCUT2D eigenvalue weighted by molar-refractivity contribution is 5.91. The van der Waals surface area contributed by atoms with Crippen LogP contribution in [0.1, 0.15) is 88.7 Å². The molecule has 1 heterocycles. The summed E-state index contributed by atoms with van der Waals surface area (Å²) >= 11 is 0. The highest BCUT2D eigenvalue weighted by atomic mass is 16.5. The first-order valence-corrected chi connectivity index (χ1v) is 9.88.